The molecule has 8 heavy (non-hydrogen) atoms. The van der Waals surface area contributed by atoms with Gasteiger partial charge < -0.3 is 0 Å². The van der Waals surface area contributed by atoms with Gasteiger partial charge in [-0.15, -0.1) is 0 Å². The van der Waals surface area contributed by atoms with Crippen LogP contribution in [0.4, 0.5) is 0 Å². The van der Waals surface area contributed by atoms with Crippen molar-refractivity contribution in [1.29, 1.82) is 0 Å². The summed E-state index contributed by atoms with van der Waals surface area (Å²) < 4.78 is 28.2. The van der Waals surface area contributed by atoms with Crippen molar-refractivity contribution in [2.24, 2.45) is 0 Å². The van der Waals surface area contributed by atoms with Gasteiger partial charge in [-0.05, 0) is 0 Å². The molecule has 1 aliphatic heterocycles. The molecule has 1 heterocycles. The molecule has 1 atom stereocenters. The van der Waals surface area contributed by atoms with E-state index in [2.05, 4.69) is 4.84 Å². The van der Waals surface area contributed by atoms with Crippen molar-refractivity contribution in [2.45, 2.75) is 5.37 Å². The van der Waals surface area contributed by atoms with Crippen LogP contribution in [-0.2, 0) is 15.0 Å². The molecule has 2 N–H and O–H groups in total. The quantitative estimate of drug-likeness (QED) is 0.443. The van der Waals surface area contributed by atoms with Gasteiger partial charge in [0.1, 0.15) is 6.61 Å². The summed E-state index contributed by atoms with van der Waals surface area (Å²) in [5, 5.41) is -0.914. The van der Waals surface area contributed by atoms with Gasteiger partial charge in [-0.3, -0.25) is 9.39 Å². The lowest BCUT2D eigenvalue weighted by Crippen LogP contribution is -2.50. The van der Waals surface area contributed by atoms with E-state index in [0.29, 0.717) is 0 Å². The van der Waals surface area contributed by atoms with Crippen LogP contribution in [0.15, 0.2) is 0 Å². The largest absolute Gasteiger partial charge is 0.297 e. The first-order valence-electron chi connectivity index (χ1n) is 1.94. The third-order valence-electron chi connectivity index (χ3n) is 0.809. The number of hydrogen-bond donors (Lipinski definition) is 2. The summed E-state index contributed by atoms with van der Waals surface area (Å²) in [6.07, 6.45) is 0. The lowest BCUT2D eigenvalue weighted by atomic mass is 10.7. The van der Waals surface area contributed by atoms with Crippen molar-refractivity contribution in [3.05, 3.63) is 0 Å². The first-order valence-corrected chi connectivity index (χ1v) is 3.44. The van der Waals surface area contributed by atoms with Crippen molar-refractivity contribution in [3.8, 4) is 0 Å². The van der Waals surface area contributed by atoms with Crippen LogP contribution in [0, 0.1) is 0 Å². The fraction of sp³-hybridized carbons (Fsp3) is 1.00. The van der Waals surface area contributed by atoms with Crippen LogP contribution < -0.4 is 5.48 Å². The Hall–Kier alpha value is -0.170. The van der Waals surface area contributed by atoms with Gasteiger partial charge in [-0.2, -0.15) is 13.9 Å². The van der Waals surface area contributed by atoms with Gasteiger partial charge >= 0.3 is 0 Å². The maximum absolute atomic E-state index is 10.0. The molecule has 5 nitrogen and oxygen atoms in total. The number of hydroxylamine groups is 1. The Kier molecular flexibility index (Phi) is 1.24. The summed E-state index contributed by atoms with van der Waals surface area (Å²) in [5.74, 6) is 0. The van der Waals surface area contributed by atoms with Crippen LogP contribution >= 0.6 is 0 Å². The highest BCUT2D eigenvalue weighted by molar-refractivity contribution is 7.86. The number of rotatable bonds is 1. The van der Waals surface area contributed by atoms with Gasteiger partial charge in [-0.1, -0.05) is 0 Å². The van der Waals surface area contributed by atoms with Crippen molar-refractivity contribution >= 4 is 10.1 Å². The summed E-state index contributed by atoms with van der Waals surface area (Å²) in [4.78, 5) is 4.27. The molecule has 0 radical (unpaired) electrons. The molecular formula is C2H5NO4S. The topological polar surface area (TPSA) is 75.6 Å². The molecule has 1 fully saturated rings. The van der Waals surface area contributed by atoms with Crippen LogP contribution in [0.1, 0.15) is 0 Å². The lowest BCUT2D eigenvalue weighted by molar-refractivity contribution is -0.0688. The Labute approximate surface area is 46.3 Å². The zero-order chi connectivity index (χ0) is 6.20. The van der Waals surface area contributed by atoms with E-state index in [-0.39, 0.29) is 6.61 Å². The maximum Gasteiger partial charge on any atom is 0.285 e. The maximum atomic E-state index is 10.0. The van der Waals surface area contributed by atoms with Crippen LogP contribution in [0.2, 0.25) is 0 Å². The fourth-order valence-electron chi connectivity index (χ4n) is 0.298. The predicted molar refractivity (Wildman–Crippen MR) is 24.4 cm³/mol. The molecule has 0 saturated carbocycles. The minimum atomic E-state index is -3.90. The fourth-order valence-corrected chi connectivity index (χ4v) is 0.728. The Bertz CT molecular complexity index is 168. The highest BCUT2D eigenvalue weighted by Gasteiger charge is 2.30. The van der Waals surface area contributed by atoms with E-state index >= 15 is 0 Å². The monoisotopic (exact) mass is 139 g/mol. The van der Waals surface area contributed by atoms with E-state index in [1.165, 1.54) is 0 Å². The zero-order valence-corrected chi connectivity index (χ0v) is 4.68. The molecule has 0 aromatic rings. The third kappa shape index (κ3) is 0.972. The van der Waals surface area contributed by atoms with Crippen molar-refractivity contribution < 1.29 is 17.8 Å². The number of nitrogens with one attached hydrogen (secondary N) is 1. The zero-order valence-electron chi connectivity index (χ0n) is 3.86. The van der Waals surface area contributed by atoms with Gasteiger partial charge in [0.2, 0.25) is 0 Å². The third-order valence-corrected chi connectivity index (χ3v) is 1.76. The molecule has 1 rings (SSSR count). The number of hydrogen-bond acceptors (Lipinski definition) is 4. The van der Waals surface area contributed by atoms with Crippen molar-refractivity contribution in [1.82, 2.24) is 5.48 Å². The first-order chi connectivity index (χ1) is 3.61. The molecule has 0 bridgehead atoms. The molecule has 1 unspecified atom stereocenters. The van der Waals surface area contributed by atoms with Crippen LogP contribution in [0.25, 0.3) is 0 Å². The molecule has 0 aromatic heterocycles. The van der Waals surface area contributed by atoms with Gasteiger partial charge in [0.15, 0.2) is 5.37 Å². The van der Waals surface area contributed by atoms with Gasteiger partial charge in [0.25, 0.3) is 10.1 Å². The Balaban J connectivity index is 2.60. The van der Waals surface area contributed by atoms with E-state index < -0.39 is 15.5 Å². The average Bonchev–Trinajstić information content (AvgIpc) is 1.16. The second kappa shape index (κ2) is 1.66. The highest BCUT2D eigenvalue weighted by atomic mass is 32.2. The average molecular weight is 139 g/mol. The molecule has 0 spiro atoms. The van der Waals surface area contributed by atoms with Crippen molar-refractivity contribution in [2.75, 3.05) is 6.61 Å². The van der Waals surface area contributed by atoms with Crippen molar-refractivity contribution in [3.63, 3.8) is 0 Å². The second-order valence-electron chi connectivity index (χ2n) is 1.43. The Morgan fingerprint density at radius 1 is 1.75 bits per heavy atom. The molecule has 0 amide bonds. The van der Waals surface area contributed by atoms with E-state index in [4.69, 9.17) is 4.55 Å². The van der Waals surface area contributed by atoms with E-state index in [9.17, 15) is 8.42 Å². The molecule has 1 saturated heterocycles. The molecule has 0 aromatic carbocycles. The molecule has 6 heteroatoms. The Morgan fingerprint density at radius 3 is 2.25 bits per heavy atom. The van der Waals surface area contributed by atoms with E-state index in [1.54, 1.807) is 0 Å². The van der Waals surface area contributed by atoms with E-state index in [1.807, 2.05) is 5.48 Å². The second-order valence-corrected chi connectivity index (χ2v) is 3.03. The summed E-state index contributed by atoms with van der Waals surface area (Å²) in [7, 11) is -3.90. The Morgan fingerprint density at radius 2 is 2.25 bits per heavy atom. The predicted octanol–water partition coefficient (Wildman–Crippen LogP) is -1.26. The van der Waals surface area contributed by atoms with Crippen LogP contribution in [0.5, 0.6) is 0 Å². The minimum Gasteiger partial charge on any atom is -0.297 e. The smallest absolute Gasteiger partial charge is 0.285 e. The van der Waals surface area contributed by atoms with E-state index in [0.717, 1.165) is 0 Å². The molecular weight excluding hydrogens is 134 g/mol. The van der Waals surface area contributed by atoms with Gasteiger partial charge in [-0.25, -0.2) is 0 Å². The summed E-state index contributed by atoms with van der Waals surface area (Å²) >= 11 is 0. The lowest BCUT2D eigenvalue weighted by Gasteiger charge is -2.23. The first kappa shape index (κ1) is 5.96. The summed E-state index contributed by atoms with van der Waals surface area (Å²) in [5.41, 5.74) is 2.05. The van der Waals surface area contributed by atoms with Crippen LogP contribution in [0.3, 0.4) is 0 Å². The summed E-state index contributed by atoms with van der Waals surface area (Å²) in [6, 6.07) is 0. The van der Waals surface area contributed by atoms with Gasteiger partial charge in [0.05, 0.1) is 0 Å². The van der Waals surface area contributed by atoms with Crippen LogP contribution in [-0.4, -0.2) is 25.0 Å². The molecule has 0 aliphatic carbocycles. The SMILES string of the molecule is O=S(=O)(O)C1CON1. The standard InChI is InChI=1S/C2H5NO4S/c4-8(5,6)2-1-7-3-2/h2-3H,1H2,(H,4,5,6). The molecule has 1 aliphatic rings. The highest BCUT2D eigenvalue weighted by Crippen LogP contribution is 2.02. The van der Waals surface area contributed by atoms with Gasteiger partial charge in [0, 0.05) is 0 Å². The minimum absolute atomic E-state index is 0.0266. The summed E-state index contributed by atoms with van der Waals surface area (Å²) in [6.45, 7) is 0.0266. The molecule has 48 valence electrons. The normalized spacial score (nSPS) is 29.4.